The van der Waals surface area contributed by atoms with Crippen LogP contribution in [-0.4, -0.2) is 11.8 Å². The van der Waals surface area contributed by atoms with Crippen molar-refractivity contribution in [1.82, 2.24) is 5.16 Å². The van der Waals surface area contributed by atoms with Gasteiger partial charge in [0.2, 0.25) is 0 Å². The molecular weight excluding hydrogens is 279 g/mol. The monoisotopic (exact) mass is 289 g/mol. The van der Waals surface area contributed by atoms with Gasteiger partial charge in [0.15, 0.2) is 0 Å². The van der Waals surface area contributed by atoms with Crippen LogP contribution in [0.2, 0.25) is 0 Å². The molecule has 1 radical (unpaired) electrons. The van der Waals surface area contributed by atoms with Gasteiger partial charge in [-0.1, -0.05) is 10.7 Å². The largest absolute Gasteiger partial charge is 0.518 e. The molecule has 0 amide bonds. The smallest absolute Gasteiger partial charge is 0.136 e. The molecule has 3 nitrogen and oxygen atoms in total. The van der Waals surface area contributed by atoms with Gasteiger partial charge in [0.05, 0.1) is 12.3 Å². The summed E-state index contributed by atoms with van der Waals surface area (Å²) in [6.07, 6.45) is 0.847. The van der Waals surface area contributed by atoms with Crippen molar-refractivity contribution in [3.05, 3.63) is 35.6 Å². The summed E-state index contributed by atoms with van der Waals surface area (Å²) in [4.78, 5) is 0. The van der Waals surface area contributed by atoms with E-state index in [9.17, 15) is 0 Å². The second-order valence-electron chi connectivity index (χ2n) is 3.59. The molecule has 2 aromatic rings. The van der Waals surface area contributed by atoms with Crippen LogP contribution in [0.25, 0.3) is 11.3 Å². The van der Waals surface area contributed by atoms with Crippen molar-refractivity contribution in [2.24, 2.45) is 0 Å². The van der Waals surface area contributed by atoms with Gasteiger partial charge in [0.1, 0.15) is 5.76 Å². The van der Waals surface area contributed by atoms with Gasteiger partial charge in [-0.25, -0.2) is 0 Å². The first kappa shape index (κ1) is 11.8. The fraction of sp³-hybridized carbons (Fsp3) is 0.250. The molecule has 0 fully saturated rings. The van der Waals surface area contributed by atoms with Crippen LogP contribution in [0.3, 0.4) is 0 Å². The molecule has 79 valence electrons. The minimum atomic E-state index is 0. The van der Waals surface area contributed by atoms with Crippen molar-refractivity contribution in [3.63, 3.8) is 0 Å². The normalized spacial score (nSPS) is 12.8. The second-order valence-corrected chi connectivity index (χ2v) is 3.59. The molecule has 1 aliphatic rings. The molecular formula is C12H10NO2Y-. The number of fused-ring (bicyclic) bond motifs is 3. The number of aromatic nitrogens is 1. The van der Waals surface area contributed by atoms with Gasteiger partial charge in [-0.3, -0.25) is 0 Å². The Morgan fingerprint density at radius 3 is 3.19 bits per heavy atom. The van der Waals surface area contributed by atoms with E-state index >= 15 is 0 Å². The van der Waals surface area contributed by atoms with E-state index in [4.69, 9.17) is 9.26 Å². The molecule has 0 aliphatic carbocycles. The van der Waals surface area contributed by atoms with Gasteiger partial charge in [0, 0.05) is 50.4 Å². The Morgan fingerprint density at radius 2 is 2.31 bits per heavy atom. The molecule has 0 bridgehead atoms. The molecule has 3 rings (SSSR count). The van der Waals surface area contributed by atoms with Crippen LogP contribution in [-0.2, 0) is 39.1 Å². The summed E-state index contributed by atoms with van der Waals surface area (Å²) in [6.45, 7) is 2.61. The molecule has 0 N–H and O–H groups in total. The molecule has 1 aromatic carbocycles. The molecule has 0 spiro atoms. The number of hydrogen-bond acceptors (Lipinski definition) is 3. The molecule has 0 unspecified atom stereocenters. The number of hydrogen-bond donors (Lipinski definition) is 0. The van der Waals surface area contributed by atoms with Gasteiger partial charge < -0.3 is 9.26 Å². The average Bonchev–Trinajstić information content (AvgIpc) is 2.53. The van der Waals surface area contributed by atoms with Crippen LogP contribution in [0.1, 0.15) is 11.3 Å². The van der Waals surface area contributed by atoms with Gasteiger partial charge in [0.25, 0.3) is 0 Å². The van der Waals surface area contributed by atoms with Crippen LogP contribution >= 0.6 is 0 Å². The average molecular weight is 289 g/mol. The zero-order chi connectivity index (χ0) is 10.3. The van der Waals surface area contributed by atoms with E-state index in [1.54, 1.807) is 0 Å². The Hall–Kier alpha value is -0.666. The number of aryl methyl sites for hydroxylation is 1. The van der Waals surface area contributed by atoms with Gasteiger partial charge in [-0.15, -0.1) is 6.07 Å². The zero-order valence-electron chi connectivity index (χ0n) is 8.99. The van der Waals surface area contributed by atoms with Gasteiger partial charge in [-0.2, -0.15) is 18.2 Å². The summed E-state index contributed by atoms with van der Waals surface area (Å²) in [5.74, 6) is 1.74. The number of nitrogens with zero attached hydrogens (tertiary/aromatic N) is 1. The Kier molecular flexibility index (Phi) is 3.45. The zero-order valence-corrected chi connectivity index (χ0v) is 11.8. The number of rotatable bonds is 0. The third kappa shape index (κ3) is 1.83. The Bertz CT molecular complexity index is 507. The van der Waals surface area contributed by atoms with E-state index in [2.05, 4.69) is 11.2 Å². The summed E-state index contributed by atoms with van der Waals surface area (Å²) in [5, 5.41) is 4.08. The van der Waals surface area contributed by atoms with E-state index in [1.165, 1.54) is 0 Å². The topological polar surface area (TPSA) is 35.3 Å². The van der Waals surface area contributed by atoms with Crippen LogP contribution in [0, 0.1) is 13.0 Å². The summed E-state index contributed by atoms with van der Waals surface area (Å²) >= 11 is 0. The Labute approximate surface area is 119 Å². The summed E-state index contributed by atoms with van der Waals surface area (Å²) < 4.78 is 10.9. The van der Waals surface area contributed by atoms with E-state index in [-0.39, 0.29) is 32.7 Å². The molecule has 0 atom stereocenters. The van der Waals surface area contributed by atoms with E-state index in [0.717, 1.165) is 34.8 Å². The third-order valence-electron chi connectivity index (χ3n) is 2.67. The van der Waals surface area contributed by atoms with E-state index in [0.29, 0.717) is 6.61 Å². The molecule has 1 aliphatic heterocycles. The predicted octanol–water partition coefficient (Wildman–Crippen LogP) is 2.38. The van der Waals surface area contributed by atoms with Crippen molar-refractivity contribution in [3.8, 4) is 17.0 Å². The molecule has 0 saturated heterocycles. The van der Waals surface area contributed by atoms with Gasteiger partial charge in [-0.05, 0) is 6.92 Å². The minimum absolute atomic E-state index is 0. The van der Waals surface area contributed by atoms with Crippen LogP contribution in [0.15, 0.2) is 22.7 Å². The van der Waals surface area contributed by atoms with Crippen molar-refractivity contribution in [2.45, 2.75) is 13.3 Å². The van der Waals surface area contributed by atoms with Crippen molar-refractivity contribution >= 4 is 0 Å². The molecule has 0 saturated carbocycles. The van der Waals surface area contributed by atoms with E-state index < -0.39 is 0 Å². The molecule has 16 heavy (non-hydrogen) atoms. The van der Waals surface area contributed by atoms with E-state index in [1.807, 2.05) is 25.1 Å². The van der Waals surface area contributed by atoms with Crippen LogP contribution in [0.4, 0.5) is 0 Å². The van der Waals surface area contributed by atoms with Crippen molar-refractivity contribution < 1.29 is 42.0 Å². The third-order valence-corrected chi connectivity index (χ3v) is 2.67. The quantitative estimate of drug-likeness (QED) is 0.698. The fourth-order valence-corrected chi connectivity index (χ4v) is 1.89. The second kappa shape index (κ2) is 4.68. The standard InChI is InChI=1S/C12H10NO2.Y/c1-8-9-6-7-14-11-5-3-2-4-10(11)12(9)13-15-8;/h3-5H,6-7H2,1H3;/q-1;. The van der Waals surface area contributed by atoms with Crippen LogP contribution in [0.5, 0.6) is 5.75 Å². The van der Waals surface area contributed by atoms with Crippen LogP contribution < -0.4 is 4.74 Å². The maximum absolute atomic E-state index is 5.64. The first-order chi connectivity index (χ1) is 7.36. The molecule has 4 heteroatoms. The summed E-state index contributed by atoms with van der Waals surface area (Å²) in [5.41, 5.74) is 3.02. The fourth-order valence-electron chi connectivity index (χ4n) is 1.89. The SMILES string of the molecule is Cc1onc2c1CCOc1cc[c-]cc1-2.[Y]. The Morgan fingerprint density at radius 1 is 1.44 bits per heavy atom. The van der Waals surface area contributed by atoms with Crippen molar-refractivity contribution in [1.29, 1.82) is 0 Å². The van der Waals surface area contributed by atoms with Crippen molar-refractivity contribution in [2.75, 3.05) is 6.61 Å². The summed E-state index contributed by atoms with van der Waals surface area (Å²) in [7, 11) is 0. The first-order valence-corrected chi connectivity index (χ1v) is 4.94. The summed E-state index contributed by atoms with van der Waals surface area (Å²) in [6, 6.07) is 8.68. The maximum atomic E-state index is 5.64. The molecule has 2 heterocycles. The van der Waals surface area contributed by atoms with Gasteiger partial charge >= 0.3 is 0 Å². The number of ether oxygens (including phenoxy) is 1. The minimum Gasteiger partial charge on any atom is -0.518 e. The Balaban J connectivity index is 0.000000963. The first-order valence-electron chi connectivity index (χ1n) is 4.94. The molecule has 1 aromatic heterocycles. The maximum Gasteiger partial charge on any atom is 0.136 e. The predicted molar refractivity (Wildman–Crippen MR) is 54.7 cm³/mol. The number of benzene rings is 1.